The highest BCUT2D eigenvalue weighted by Gasteiger charge is 2.30. The first-order valence-electron chi connectivity index (χ1n) is 8.49. The van der Waals surface area contributed by atoms with Gasteiger partial charge in [-0.05, 0) is 37.6 Å². The maximum absolute atomic E-state index is 5.88. The Morgan fingerprint density at radius 3 is 2.38 bits per heavy atom. The topological polar surface area (TPSA) is 70.8 Å². The first-order valence-corrected chi connectivity index (χ1v) is 8.49. The van der Waals surface area contributed by atoms with Crippen LogP contribution in [-0.2, 0) is 0 Å². The number of nitrogens with zero attached hydrogens (tertiary/aromatic N) is 3. The summed E-state index contributed by atoms with van der Waals surface area (Å²) in [5, 5.41) is 7.64. The number of hydrogen-bond donors (Lipinski definition) is 2. The van der Waals surface area contributed by atoms with E-state index >= 15 is 0 Å². The molecule has 1 aromatic rings. The SMILES string of the molecule is CCCC(CCC)c1nc(N2CCC(C)(CN)CC2)n[nH]1. The predicted molar refractivity (Wildman–Crippen MR) is 87.5 cm³/mol. The summed E-state index contributed by atoms with van der Waals surface area (Å²) in [4.78, 5) is 7.07. The van der Waals surface area contributed by atoms with Crippen molar-refractivity contribution < 1.29 is 0 Å². The molecule has 5 heteroatoms. The first-order chi connectivity index (χ1) is 10.1. The summed E-state index contributed by atoms with van der Waals surface area (Å²) in [6.07, 6.45) is 7.02. The Kier molecular flexibility index (Phi) is 5.62. The highest BCUT2D eigenvalue weighted by Crippen LogP contribution is 2.31. The summed E-state index contributed by atoms with van der Waals surface area (Å²) in [5.74, 6) is 2.47. The van der Waals surface area contributed by atoms with Crippen molar-refractivity contribution in [1.29, 1.82) is 0 Å². The number of H-pyrrole nitrogens is 1. The molecule has 0 aromatic carbocycles. The van der Waals surface area contributed by atoms with Crippen LogP contribution in [0.5, 0.6) is 0 Å². The van der Waals surface area contributed by atoms with Crippen LogP contribution in [0.25, 0.3) is 0 Å². The molecular formula is C16H31N5. The standard InChI is InChI=1S/C16H31N5/c1-4-6-13(7-5-2)14-18-15(20-19-14)21-10-8-16(3,12-17)9-11-21/h13H,4-12,17H2,1-3H3,(H,18,19,20). The van der Waals surface area contributed by atoms with Gasteiger partial charge in [0.25, 0.3) is 0 Å². The Hall–Kier alpha value is -1.10. The maximum atomic E-state index is 5.88. The van der Waals surface area contributed by atoms with Gasteiger partial charge in [-0.1, -0.05) is 33.6 Å². The van der Waals surface area contributed by atoms with Crippen LogP contribution >= 0.6 is 0 Å². The van der Waals surface area contributed by atoms with Crippen LogP contribution < -0.4 is 10.6 Å². The maximum Gasteiger partial charge on any atom is 0.244 e. The summed E-state index contributed by atoms with van der Waals surface area (Å²) >= 11 is 0. The molecule has 120 valence electrons. The number of piperidine rings is 1. The van der Waals surface area contributed by atoms with Crippen molar-refractivity contribution >= 4 is 5.95 Å². The second-order valence-electron chi connectivity index (χ2n) is 6.80. The van der Waals surface area contributed by atoms with E-state index in [1.165, 1.54) is 25.7 Å². The number of aromatic amines is 1. The second kappa shape index (κ2) is 7.25. The highest BCUT2D eigenvalue weighted by atomic mass is 15.4. The number of aromatic nitrogens is 3. The highest BCUT2D eigenvalue weighted by molar-refractivity contribution is 5.30. The van der Waals surface area contributed by atoms with Crippen molar-refractivity contribution in [3.05, 3.63) is 5.82 Å². The van der Waals surface area contributed by atoms with E-state index in [2.05, 4.69) is 35.9 Å². The third-order valence-electron chi connectivity index (χ3n) is 4.90. The summed E-state index contributed by atoms with van der Waals surface area (Å²) < 4.78 is 0. The van der Waals surface area contributed by atoms with E-state index in [1.807, 2.05) is 0 Å². The van der Waals surface area contributed by atoms with Gasteiger partial charge in [-0.3, -0.25) is 5.10 Å². The molecule has 21 heavy (non-hydrogen) atoms. The molecule has 2 rings (SSSR count). The molecule has 1 aliphatic rings. The molecule has 1 saturated heterocycles. The third kappa shape index (κ3) is 3.96. The Labute approximate surface area is 128 Å². The Balaban J connectivity index is 1.99. The summed E-state index contributed by atoms with van der Waals surface area (Å²) in [5.41, 5.74) is 6.17. The van der Waals surface area contributed by atoms with Crippen molar-refractivity contribution in [2.24, 2.45) is 11.1 Å². The van der Waals surface area contributed by atoms with Crippen molar-refractivity contribution in [1.82, 2.24) is 15.2 Å². The van der Waals surface area contributed by atoms with Gasteiger partial charge in [0.1, 0.15) is 5.82 Å². The van der Waals surface area contributed by atoms with Gasteiger partial charge in [0.15, 0.2) is 0 Å². The Bertz CT molecular complexity index is 414. The monoisotopic (exact) mass is 293 g/mol. The number of anilines is 1. The number of rotatable bonds is 7. The van der Waals surface area contributed by atoms with Gasteiger partial charge < -0.3 is 10.6 Å². The van der Waals surface area contributed by atoms with Crippen molar-refractivity contribution in [2.75, 3.05) is 24.5 Å². The Morgan fingerprint density at radius 1 is 1.24 bits per heavy atom. The lowest BCUT2D eigenvalue weighted by molar-refractivity contribution is 0.257. The molecule has 1 fully saturated rings. The number of nitrogens with one attached hydrogen (secondary N) is 1. The van der Waals surface area contributed by atoms with E-state index in [0.29, 0.717) is 11.3 Å². The van der Waals surface area contributed by atoms with Gasteiger partial charge in [0.2, 0.25) is 5.95 Å². The molecule has 2 heterocycles. The number of nitrogens with two attached hydrogens (primary N) is 1. The fraction of sp³-hybridized carbons (Fsp3) is 0.875. The molecule has 1 aromatic heterocycles. The predicted octanol–water partition coefficient (Wildman–Crippen LogP) is 3.05. The van der Waals surface area contributed by atoms with Gasteiger partial charge in [0.05, 0.1) is 0 Å². The van der Waals surface area contributed by atoms with Crippen LogP contribution in [0.3, 0.4) is 0 Å². The zero-order chi connectivity index (χ0) is 15.3. The zero-order valence-corrected chi connectivity index (χ0v) is 13.9. The molecule has 0 unspecified atom stereocenters. The zero-order valence-electron chi connectivity index (χ0n) is 13.9. The van der Waals surface area contributed by atoms with Crippen LogP contribution in [-0.4, -0.2) is 34.8 Å². The molecular weight excluding hydrogens is 262 g/mol. The van der Waals surface area contributed by atoms with E-state index in [4.69, 9.17) is 10.7 Å². The summed E-state index contributed by atoms with van der Waals surface area (Å²) in [7, 11) is 0. The van der Waals surface area contributed by atoms with Crippen molar-refractivity contribution in [3.63, 3.8) is 0 Å². The van der Waals surface area contributed by atoms with E-state index in [-0.39, 0.29) is 0 Å². The molecule has 0 aliphatic carbocycles. The molecule has 5 nitrogen and oxygen atoms in total. The lowest BCUT2D eigenvalue weighted by Crippen LogP contribution is -2.42. The van der Waals surface area contributed by atoms with Gasteiger partial charge >= 0.3 is 0 Å². The molecule has 0 amide bonds. The van der Waals surface area contributed by atoms with E-state index in [0.717, 1.165) is 44.2 Å². The van der Waals surface area contributed by atoms with Crippen LogP contribution in [0.4, 0.5) is 5.95 Å². The van der Waals surface area contributed by atoms with Crippen LogP contribution in [0.2, 0.25) is 0 Å². The number of hydrogen-bond acceptors (Lipinski definition) is 4. The first kappa shape index (κ1) is 16.3. The van der Waals surface area contributed by atoms with Crippen LogP contribution in [0.15, 0.2) is 0 Å². The van der Waals surface area contributed by atoms with Gasteiger partial charge in [-0.25, -0.2) is 0 Å². The quantitative estimate of drug-likeness (QED) is 0.810. The molecule has 3 N–H and O–H groups in total. The minimum absolute atomic E-state index is 0.294. The molecule has 0 atom stereocenters. The minimum atomic E-state index is 0.294. The van der Waals surface area contributed by atoms with Crippen molar-refractivity contribution in [3.8, 4) is 0 Å². The summed E-state index contributed by atoms with van der Waals surface area (Å²) in [6.45, 7) is 9.55. The molecule has 1 aliphatic heterocycles. The fourth-order valence-corrected chi connectivity index (χ4v) is 3.15. The van der Waals surface area contributed by atoms with Crippen LogP contribution in [0.1, 0.15) is 71.0 Å². The minimum Gasteiger partial charge on any atom is -0.340 e. The van der Waals surface area contributed by atoms with E-state index < -0.39 is 0 Å². The van der Waals surface area contributed by atoms with Crippen LogP contribution in [0, 0.1) is 5.41 Å². The van der Waals surface area contributed by atoms with E-state index in [9.17, 15) is 0 Å². The lowest BCUT2D eigenvalue weighted by Gasteiger charge is -2.38. The normalized spacial score (nSPS) is 18.4. The molecule has 0 spiro atoms. The smallest absolute Gasteiger partial charge is 0.244 e. The van der Waals surface area contributed by atoms with Gasteiger partial charge in [-0.15, -0.1) is 5.10 Å². The average molecular weight is 293 g/mol. The second-order valence-corrected chi connectivity index (χ2v) is 6.80. The molecule has 0 bridgehead atoms. The Morgan fingerprint density at radius 2 is 1.86 bits per heavy atom. The molecule has 0 radical (unpaired) electrons. The van der Waals surface area contributed by atoms with Gasteiger partial charge in [-0.2, -0.15) is 4.98 Å². The van der Waals surface area contributed by atoms with Crippen molar-refractivity contribution in [2.45, 2.75) is 65.2 Å². The fourth-order valence-electron chi connectivity index (χ4n) is 3.15. The lowest BCUT2D eigenvalue weighted by atomic mass is 9.81. The molecule has 0 saturated carbocycles. The third-order valence-corrected chi connectivity index (χ3v) is 4.90. The summed E-state index contributed by atoms with van der Waals surface area (Å²) in [6, 6.07) is 0. The van der Waals surface area contributed by atoms with E-state index in [1.54, 1.807) is 0 Å². The average Bonchev–Trinajstić information content (AvgIpc) is 2.97. The largest absolute Gasteiger partial charge is 0.340 e. The van der Waals surface area contributed by atoms with Gasteiger partial charge in [0, 0.05) is 19.0 Å².